The van der Waals surface area contributed by atoms with Crippen molar-refractivity contribution in [2.24, 2.45) is 5.92 Å². The fourth-order valence-corrected chi connectivity index (χ4v) is 3.08. The SMILES string of the molecule is CNCC1CCN(c2ccccc2)C(C)(C)C1. The second-order valence-corrected chi connectivity index (χ2v) is 5.72. The smallest absolute Gasteiger partial charge is 0.0370 e. The molecule has 94 valence electrons. The van der Waals surface area contributed by atoms with Crippen LogP contribution in [-0.4, -0.2) is 25.7 Å². The summed E-state index contributed by atoms with van der Waals surface area (Å²) in [6.45, 7) is 7.04. The number of hydrogen-bond acceptors (Lipinski definition) is 2. The number of nitrogens with one attached hydrogen (secondary N) is 1. The maximum atomic E-state index is 3.31. The predicted molar refractivity (Wildman–Crippen MR) is 74.5 cm³/mol. The first-order valence-electron chi connectivity index (χ1n) is 6.61. The lowest BCUT2D eigenvalue weighted by atomic mass is 9.82. The molecule has 1 aromatic rings. The highest BCUT2D eigenvalue weighted by Gasteiger charge is 2.34. The van der Waals surface area contributed by atoms with E-state index in [4.69, 9.17) is 0 Å². The lowest BCUT2D eigenvalue weighted by molar-refractivity contribution is 0.270. The molecule has 0 aliphatic carbocycles. The van der Waals surface area contributed by atoms with Gasteiger partial charge in [-0.15, -0.1) is 0 Å². The zero-order valence-electron chi connectivity index (χ0n) is 11.2. The molecule has 1 atom stereocenters. The first kappa shape index (κ1) is 12.4. The van der Waals surface area contributed by atoms with Crippen LogP contribution < -0.4 is 10.2 Å². The third-order valence-corrected chi connectivity index (χ3v) is 3.84. The van der Waals surface area contributed by atoms with E-state index in [9.17, 15) is 0 Å². The molecule has 0 aromatic heterocycles. The molecule has 0 amide bonds. The standard InChI is InChI=1S/C15H24N2/c1-15(2)11-13(12-16-3)9-10-17(15)14-7-5-4-6-8-14/h4-8,13,16H,9-12H2,1-3H3. The van der Waals surface area contributed by atoms with Crippen molar-refractivity contribution < 1.29 is 0 Å². The lowest BCUT2D eigenvalue weighted by Gasteiger charge is -2.47. The molecule has 1 fully saturated rings. The first-order valence-corrected chi connectivity index (χ1v) is 6.61. The van der Waals surface area contributed by atoms with Crippen molar-refractivity contribution in [1.29, 1.82) is 0 Å². The minimum absolute atomic E-state index is 0.265. The van der Waals surface area contributed by atoms with Gasteiger partial charge in [-0.05, 0) is 58.3 Å². The van der Waals surface area contributed by atoms with E-state index in [-0.39, 0.29) is 5.54 Å². The fraction of sp³-hybridized carbons (Fsp3) is 0.600. The van der Waals surface area contributed by atoms with Crippen LogP contribution in [0.15, 0.2) is 30.3 Å². The molecule has 0 bridgehead atoms. The van der Waals surface area contributed by atoms with Crippen LogP contribution in [0.3, 0.4) is 0 Å². The molecular formula is C15H24N2. The maximum Gasteiger partial charge on any atom is 0.0370 e. The van der Waals surface area contributed by atoms with Crippen LogP contribution in [0.5, 0.6) is 0 Å². The molecular weight excluding hydrogens is 208 g/mol. The van der Waals surface area contributed by atoms with Crippen LogP contribution in [0.2, 0.25) is 0 Å². The van der Waals surface area contributed by atoms with Crippen LogP contribution in [0.4, 0.5) is 5.69 Å². The number of para-hydroxylation sites is 1. The molecule has 17 heavy (non-hydrogen) atoms. The van der Waals surface area contributed by atoms with Crippen LogP contribution in [0.1, 0.15) is 26.7 Å². The van der Waals surface area contributed by atoms with Crippen LogP contribution in [0, 0.1) is 5.92 Å². The number of piperidine rings is 1. The van der Waals surface area contributed by atoms with Gasteiger partial charge < -0.3 is 10.2 Å². The van der Waals surface area contributed by atoms with Gasteiger partial charge in [0.1, 0.15) is 0 Å². The van der Waals surface area contributed by atoms with Crippen LogP contribution in [-0.2, 0) is 0 Å². The number of hydrogen-bond donors (Lipinski definition) is 1. The fourth-order valence-electron chi connectivity index (χ4n) is 3.08. The highest BCUT2D eigenvalue weighted by molar-refractivity contribution is 5.49. The molecule has 1 heterocycles. The zero-order chi connectivity index (χ0) is 12.3. The normalized spacial score (nSPS) is 23.7. The van der Waals surface area contributed by atoms with Crippen molar-refractivity contribution in [3.8, 4) is 0 Å². The topological polar surface area (TPSA) is 15.3 Å². The third-order valence-electron chi connectivity index (χ3n) is 3.84. The van der Waals surface area contributed by atoms with Gasteiger partial charge in [0, 0.05) is 17.8 Å². The van der Waals surface area contributed by atoms with Crippen molar-refractivity contribution in [2.75, 3.05) is 25.0 Å². The zero-order valence-corrected chi connectivity index (χ0v) is 11.2. The Bertz CT molecular complexity index is 345. The van der Waals surface area contributed by atoms with Crippen molar-refractivity contribution in [1.82, 2.24) is 5.32 Å². The molecule has 1 unspecified atom stereocenters. The van der Waals surface area contributed by atoms with Crippen molar-refractivity contribution in [3.63, 3.8) is 0 Å². The van der Waals surface area contributed by atoms with E-state index in [0.717, 1.165) is 12.5 Å². The minimum Gasteiger partial charge on any atom is -0.366 e. The Hall–Kier alpha value is -1.02. The van der Waals surface area contributed by atoms with Gasteiger partial charge in [0.25, 0.3) is 0 Å². The second-order valence-electron chi connectivity index (χ2n) is 5.72. The monoisotopic (exact) mass is 232 g/mol. The minimum atomic E-state index is 0.265. The summed E-state index contributed by atoms with van der Waals surface area (Å²) in [5.41, 5.74) is 1.63. The summed E-state index contributed by atoms with van der Waals surface area (Å²) in [6, 6.07) is 10.8. The molecule has 2 heteroatoms. The van der Waals surface area contributed by atoms with E-state index < -0.39 is 0 Å². The van der Waals surface area contributed by atoms with Gasteiger partial charge in [0.05, 0.1) is 0 Å². The molecule has 1 N–H and O–H groups in total. The summed E-state index contributed by atoms with van der Waals surface area (Å²) in [7, 11) is 2.05. The Morgan fingerprint density at radius 2 is 2.00 bits per heavy atom. The van der Waals surface area contributed by atoms with Crippen molar-refractivity contribution >= 4 is 5.69 Å². The van der Waals surface area contributed by atoms with E-state index in [1.165, 1.54) is 25.1 Å². The Kier molecular flexibility index (Phi) is 3.72. The lowest BCUT2D eigenvalue weighted by Crippen LogP contribution is -2.51. The highest BCUT2D eigenvalue weighted by atomic mass is 15.2. The summed E-state index contributed by atoms with van der Waals surface area (Å²) in [5, 5.41) is 3.31. The largest absolute Gasteiger partial charge is 0.366 e. The van der Waals surface area contributed by atoms with Crippen molar-refractivity contribution in [2.45, 2.75) is 32.2 Å². The molecule has 2 nitrogen and oxygen atoms in total. The maximum absolute atomic E-state index is 3.31. The number of benzene rings is 1. The Labute approximate surface area is 105 Å². The van der Waals surface area contributed by atoms with Crippen LogP contribution >= 0.6 is 0 Å². The molecule has 1 aliphatic heterocycles. The summed E-state index contributed by atoms with van der Waals surface area (Å²) in [4.78, 5) is 2.55. The molecule has 2 rings (SSSR count). The Morgan fingerprint density at radius 3 is 2.59 bits per heavy atom. The molecule has 1 saturated heterocycles. The van der Waals surface area contributed by atoms with Gasteiger partial charge in [-0.2, -0.15) is 0 Å². The van der Waals surface area contributed by atoms with Crippen molar-refractivity contribution in [3.05, 3.63) is 30.3 Å². The summed E-state index contributed by atoms with van der Waals surface area (Å²) < 4.78 is 0. The quantitative estimate of drug-likeness (QED) is 0.862. The number of rotatable bonds is 3. The van der Waals surface area contributed by atoms with Gasteiger partial charge in [-0.25, -0.2) is 0 Å². The average Bonchev–Trinajstić information content (AvgIpc) is 2.29. The average molecular weight is 232 g/mol. The highest BCUT2D eigenvalue weighted by Crippen LogP contribution is 2.34. The molecule has 1 aliphatic rings. The van der Waals surface area contributed by atoms with E-state index >= 15 is 0 Å². The van der Waals surface area contributed by atoms with E-state index in [2.05, 4.69) is 61.4 Å². The summed E-state index contributed by atoms with van der Waals surface area (Å²) >= 11 is 0. The van der Waals surface area contributed by atoms with E-state index in [1.807, 2.05) is 0 Å². The van der Waals surface area contributed by atoms with E-state index in [1.54, 1.807) is 0 Å². The van der Waals surface area contributed by atoms with Crippen LogP contribution in [0.25, 0.3) is 0 Å². The Balaban J connectivity index is 2.11. The molecule has 0 saturated carbocycles. The van der Waals surface area contributed by atoms with Gasteiger partial charge >= 0.3 is 0 Å². The molecule has 0 spiro atoms. The summed E-state index contributed by atoms with van der Waals surface area (Å²) in [6.07, 6.45) is 2.56. The number of anilines is 1. The van der Waals surface area contributed by atoms with Gasteiger partial charge in [0.2, 0.25) is 0 Å². The molecule has 0 radical (unpaired) electrons. The Morgan fingerprint density at radius 1 is 1.29 bits per heavy atom. The van der Waals surface area contributed by atoms with E-state index in [0.29, 0.717) is 0 Å². The molecule has 1 aromatic carbocycles. The number of nitrogens with zero attached hydrogens (tertiary/aromatic N) is 1. The predicted octanol–water partition coefficient (Wildman–Crippen LogP) is 2.90. The first-order chi connectivity index (χ1) is 8.13. The van der Waals surface area contributed by atoms with Gasteiger partial charge in [-0.3, -0.25) is 0 Å². The second kappa shape index (κ2) is 5.09. The third kappa shape index (κ3) is 2.81. The summed E-state index contributed by atoms with van der Waals surface area (Å²) in [5.74, 6) is 0.815. The van der Waals surface area contributed by atoms with Gasteiger partial charge in [0.15, 0.2) is 0 Å². The van der Waals surface area contributed by atoms with Gasteiger partial charge in [-0.1, -0.05) is 18.2 Å².